The Morgan fingerprint density at radius 2 is 2.36 bits per heavy atom. The monoisotopic (exact) mass is 209 g/mol. The van der Waals surface area contributed by atoms with E-state index in [1.807, 2.05) is 0 Å². The second-order valence-corrected chi connectivity index (χ2v) is 3.76. The minimum absolute atomic E-state index is 0.308. The molecule has 0 aliphatic carbocycles. The van der Waals surface area contributed by atoms with E-state index in [1.165, 1.54) is 17.7 Å². The SMILES string of the molecule is Cn1ncnc1-c1ccc(C(=O)O)s1. The Hall–Kier alpha value is -1.69. The molecule has 0 spiro atoms. The number of aromatic carboxylic acids is 1. The molecule has 0 aliphatic rings. The second kappa shape index (κ2) is 3.22. The van der Waals surface area contributed by atoms with Crippen LogP contribution in [0.2, 0.25) is 0 Å². The number of aryl methyl sites for hydroxylation is 1. The molecule has 14 heavy (non-hydrogen) atoms. The summed E-state index contributed by atoms with van der Waals surface area (Å²) in [5.74, 6) is -0.231. The Labute approximate surface area is 83.6 Å². The molecule has 0 atom stereocenters. The van der Waals surface area contributed by atoms with E-state index < -0.39 is 5.97 Å². The zero-order valence-corrected chi connectivity index (χ0v) is 8.15. The number of nitrogens with zero attached hydrogens (tertiary/aromatic N) is 3. The summed E-state index contributed by atoms with van der Waals surface area (Å²) in [7, 11) is 1.77. The fourth-order valence-corrected chi connectivity index (χ4v) is 1.96. The van der Waals surface area contributed by atoms with E-state index in [2.05, 4.69) is 10.1 Å². The number of hydrogen-bond acceptors (Lipinski definition) is 4. The normalized spacial score (nSPS) is 10.4. The molecule has 6 heteroatoms. The van der Waals surface area contributed by atoms with Gasteiger partial charge >= 0.3 is 5.97 Å². The van der Waals surface area contributed by atoms with Crippen molar-refractivity contribution in [3.8, 4) is 10.7 Å². The summed E-state index contributed by atoms with van der Waals surface area (Å²) in [4.78, 5) is 15.8. The number of carbonyl (C=O) groups is 1. The number of thiophene rings is 1. The smallest absolute Gasteiger partial charge is 0.345 e. The Balaban J connectivity index is 2.43. The van der Waals surface area contributed by atoms with Gasteiger partial charge in [0.1, 0.15) is 11.2 Å². The van der Waals surface area contributed by atoms with E-state index >= 15 is 0 Å². The van der Waals surface area contributed by atoms with Crippen molar-refractivity contribution >= 4 is 17.3 Å². The summed E-state index contributed by atoms with van der Waals surface area (Å²) in [5, 5.41) is 12.6. The van der Waals surface area contributed by atoms with Crippen molar-refractivity contribution in [3.05, 3.63) is 23.3 Å². The minimum Gasteiger partial charge on any atom is -0.477 e. The van der Waals surface area contributed by atoms with Crippen LogP contribution in [-0.2, 0) is 7.05 Å². The quantitative estimate of drug-likeness (QED) is 0.808. The molecular weight excluding hydrogens is 202 g/mol. The molecule has 0 saturated carbocycles. The standard InChI is InChI=1S/C8H7N3O2S/c1-11-7(9-4-10-11)5-2-3-6(14-5)8(12)13/h2-4H,1H3,(H,12,13). The molecular formula is C8H7N3O2S. The zero-order valence-electron chi connectivity index (χ0n) is 7.34. The predicted molar refractivity (Wildman–Crippen MR) is 51.3 cm³/mol. The van der Waals surface area contributed by atoms with Crippen LogP contribution in [0, 0.1) is 0 Å². The third-order valence-electron chi connectivity index (χ3n) is 1.75. The summed E-state index contributed by atoms with van der Waals surface area (Å²) < 4.78 is 1.61. The molecule has 0 amide bonds. The number of aromatic nitrogens is 3. The molecule has 0 aliphatic heterocycles. The second-order valence-electron chi connectivity index (χ2n) is 2.68. The van der Waals surface area contributed by atoms with Gasteiger partial charge in [-0.25, -0.2) is 14.5 Å². The third-order valence-corrected chi connectivity index (χ3v) is 2.82. The van der Waals surface area contributed by atoms with Crippen LogP contribution in [-0.4, -0.2) is 25.8 Å². The first-order valence-electron chi connectivity index (χ1n) is 3.86. The average molecular weight is 209 g/mol. The molecule has 0 unspecified atom stereocenters. The van der Waals surface area contributed by atoms with Gasteiger partial charge in [-0.1, -0.05) is 0 Å². The molecule has 2 heterocycles. The average Bonchev–Trinajstić information content (AvgIpc) is 2.71. The molecule has 0 bridgehead atoms. The Morgan fingerprint density at radius 1 is 1.57 bits per heavy atom. The van der Waals surface area contributed by atoms with Gasteiger partial charge in [0.05, 0.1) is 4.88 Å². The molecule has 2 aromatic rings. The van der Waals surface area contributed by atoms with Crippen LogP contribution in [0.1, 0.15) is 9.67 Å². The Morgan fingerprint density at radius 3 is 2.86 bits per heavy atom. The highest BCUT2D eigenvalue weighted by atomic mass is 32.1. The van der Waals surface area contributed by atoms with E-state index in [-0.39, 0.29) is 0 Å². The fourth-order valence-electron chi connectivity index (χ4n) is 1.09. The summed E-state index contributed by atoms with van der Waals surface area (Å²) in [5.41, 5.74) is 0. The molecule has 72 valence electrons. The van der Waals surface area contributed by atoms with Crippen LogP contribution in [0.15, 0.2) is 18.5 Å². The van der Waals surface area contributed by atoms with Crippen molar-refractivity contribution in [1.29, 1.82) is 0 Å². The largest absolute Gasteiger partial charge is 0.477 e. The lowest BCUT2D eigenvalue weighted by Crippen LogP contribution is -1.92. The van der Waals surface area contributed by atoms with Crippen LogP contribution < -0.4 is 0 Å². The summed E-state index contributed by atoms with van der Waals surface area (Å²) in [6.45, 7) is 0. The van der Waals surface area contributed by atoms with E-state index in [4.69, 9.17) is 5.11 Å². The van der Waals surface area contributed by atoms with Crippen molar-refractivity contribution in [2.45, 2.75) is 0 Å². The number of carboxylic acid groups (broad SMARTS) is 1. The van der Waals surface area contributed by atoms with Gasteiger partial charge in [-0.15, -0.1) is 11.3 Å². The number of hydrogen-bond donors (Lipinski definition) is 1. The maximum Gasteiger partial charge on any atom is 0.345 e. The number of rotatable bonds is 2. The van der Waals surface area contributed by atoms with Crippen LogP contribution in [0.4, 0.5) is 0 Å². The van der Waals surface area contributed by atoms with Crippen LogP contribution in [0.25, 0.3) is 10.7 Å². The van der Waals surface area contributed by atoms with Crippen molar-refractivity contribution in [2.75, 3.05) is 0 Å². The third kappa shape index (κ3) is 1.39. The summed E-state index contributed by atoms with van der Waals surface area (Å²) in [6.07, 6.45) is 1.44. The van der Waals surface area contributed by atoms with Crippen LogP contribution in [0.3, 0.4) is 0 Å². The van der Waals surface area contributed by atoms with E-state index in [0.717, 1.165) is 4.88 Å². The first-order chi connectivity index (χ1) is 6.68. The Bertz CT molecular complexity index is 474. The summed E-state index contributed by atoms with van der Waals surface area (Å²) in [6, 6.07) is 3.30. The van der Waals surface area contributed by atoms with Gasteiger partial charge in [0, 0.05) is 7.05 Å². The molecule has 2 rings (SSSR count). The topological polar surface area (TPSA) is 68.0 Å². The highest BCUT2D eigenvalue weighted by Crippen LogP contribution is 2.25. The van der Waals surface area contributed by atoms with Crippen molar-refractivity contribution in [1.82, 2.24) is 14.8 Å². The first-order valence-corrected chi connectivity index (χ1v) is 4.67. The summed E-state index contributed by atoms with van der Waals surface area (Å²) >= 11 is 1.19. The fraction of sp³-hybridized carbons (Fsp3) is 0.125. The van der Waals surface area contributed by atoms with Gasteiger partial charge in [0.15, 0.2) is 5.82 Å². The van der Waals surface area contributed by atoms with Gasteiger partial charge in [-0.2, -0.15) is 5.10 Å². The molecule has 0 aromatic carbocycles. The van der Waals surface area contributed by atoms with Crippen molar-refractivity contribution in [3.63, 3.8) is 0 Å². The predicted octanol–water partition coefficient (Wildman–Crippen LogP) is 1.24. The Kier molecular flexibility index (Phi) is 2.05. The van der Waals surface area contributed by atoms with E-state index in [1.54, 1.807) is 23.9 Å². The lowest BCUT2D eigenvalue weighted by molar-refractivity contribution is 0.0702. The first kappa shape index (κ1) is 8.89. The van der Waals surface area contributed by atoms with Gasteiger partial charge in [0.25, 0.3) is 0 Å². The van der Waals surface area contributed by atoms with Crippen molar-refractivity contribution < 1.29 is 9.90 Å². The molecule has 0 fully saturated rings. The van der Waals surface area contributed by atoms with Crippen LogP contribution >= 0.6 is 11.3 Å². The van der Waals surface area contributed by atoms with Crippen molar-refractivity contribution in [2.24, 2.45) is 7.05 Å². The zero-order chi connectivity index (χ0) is 10.1. The van der Waals surface area contributed by atoms with E-state index in [9.17, 15) is 4.79 Å². The van der Waals surface area contributed by atoms with Gasteiger partial charge in [0.2, 0.25) is 0 Å². The molecule has 1 N–H and O–H groups in total. The van der Waals surface area contributed by atoms with Gasteiger partial charge < -0.3 is 5.11 Å². The van der Waals surface area contributed by atoms with Gasteiger partial charge in [-0.3, -0.25) is 0 Å². The maximum absolute atomic E-state index is 10.6. The van der Waals surface area contributed by atoms with Gasteiger partial charge in [-0.05, 0) is 12.1 Å². The van der Waals surface area contributed by atoms with Crippen LogP contribution in [0.5, 0.6) is 0 Å². The molecule has 0 saturated heterocycles. The number of carboxylic acids is 1. The highest BCUT2D eigenvalue weighted by molar-refractivity contribution is 7.17. The maximum atomic E-state index is 10.6. The molecule has 5 nitrogen and oxygen atoms in total. The lowest BCUT2D eigenvalue weighted by Gasteiger charge is -1.93. The molecule has 2 aromatic heterocycles. The molecule has 0 radical (unpaired) electrons. The minimum atomic E-state index is -0.914. The van der Waals surface area contributed by atoms with E-state index in [0.29, 0.717) is 10.7 Å². The highest BCUT2D eigenvalue weighted by Gasteiger charge is 2.11. The lowest BCUT2D eigenvalue weighted by atomic mass is 10.4.